The first kappa shape index (κ1) is 40.1. The molecule has 0 aromatic rings. The zero-order chi connectivity index (χ0) is 33.9. The van der Waals surface area contributed by atoms with Crippen LogP contribution in [0.1, 0.15) is 96.9 Å². The van der Waals surface area contributed by atoms with Gasteiger partial charge in [0.25, 0.3) is 0 Å². The van der Waals surface area contributed by atoms with E-state index in [9.17, 15) is 4.89 Å². The molecule has 4 atom stereocenters. The molecule has 0 saturated heterocycles. The fraction of sp³-hybridized carbons (Fsp3) is 0.771. The average Bonchev–Trinajstić information content (AvgIpc) is 2.86. The summed E-state index contributed by atoms with van der Waals surface area (Å²) in [6, 6.07) is 0. The summed E-state index contributed by atoms with van der Waals surface area (Å²) in [5.41, 5.74) is 1.06. The van der Waals surface area contributed by atoms with E-state index < -0.39 is 40.4 Å². The number of hydrogen-bond donors (Lipinski definition) is 5. The van der Waals surface area contributed by atoms with Gasteiger partial charge in [-0.05, 0) is 32.8 Å². The molecule has 0 bridgehead atoms. The summed E-state index contributed by atoms with van der Waals surface area (Å²) in [5, 5.41) is 34.0. The SMILES string of the molecule is CC(C)(C)C1=CC(C)(C(C)(C)C)C=CC1OP(O)OC1C=CC(C)(C(C)(C)C)C=C1C(C)(C)C.OCC(CO)(CO)CO. The van der Waals surface area contributed by atoms with Crippen LogP contribution in [0, 0.1) is 37.9 Å². The van der Waals surface area contributed by atoms with E-state index in [0.717, 1.165) is 0 Å². The van der Waals surface area contributed by atoms with E-state index >= 15 is 0 Å². The molecule has 43 heavy (non-hydrogen) atoms. The Hall–Kier alpha value is -0.890. The van der Waals surface area contributed by atoms with Crippen molar-refractivity contribution in [1.82, 2.24) is 0 Å². The Bertz CT molecular complexity index is 939. The molecular weight excluding hydrogens is 563 g/mol. The van der Waals surface area contributed by atoms with Crippen LogP contribution < -0.4 is 0 Å². The Labute approximate surface area is 263 Å². The number of aliphatic hydroxyl groups excluding tert-OH is 4. The highest BCUT2D eigenvalue weighted by molar-refractivity contribution is 7.40. The van der Waals surface area contributed by atoms with Crippen molar-refractivity contribution in [1.29, 1.82) is 0 Å². The molecule has 4 unspecified atom stereocenters. The van der Waals surface area contributed by atoms with E-state index in [-0.39, 0.29) is 44.7 Å². The molecule has 0 saturated carbocycles. The summed E-state index contributed by atoms with van der Waals surface area (Å²) in [5.74, 6) is 0. The zero-order valence-electron chi connectivity index (χ0n) is 29.4. The summed E-state index contributed by atoms with van der Waals surface area (Å²) in [7, 11) is -2.08. The predicted octanol–water partition coefficient (Wildman–Crippen LogP) is 7.11. The van der Waals surface area contributed by atoms with Crippen molar-refractivity contribution in [3.63, 3.8) is 0 Å². The lowest BCUT2D eigenvalue weighted by Gasteiger charge is -2.44. The number of rotatable bonds is 8. The summed E-state index contributed by atoms with van der Waals surface area (Å²) < 4.78 is 12.4. The first-order valence-electron chi connectivity index (χ1n) is 15.4. The smallest absolute Gasteiger partial charge is 0.331 e. The van der Waals surface area contributed by atoms with Gasteiger partial charge in [0.2, 0.25) is 0 Å². The van der Waals surface area contributed by atoms with Gasteiger partial charge in [-0.1, -0.05) is 133 Å². The molecule has 0 aromatic heterocycles. The zero-order valence-corrected chi connectivity index (χ0v) is 30.3. The minimum absolute atomic E-state index is 0.0738. The van der Waals surface area contributed by atoms with Gasteiger partial charge in [0.05, 0.1) is 31.8 Å². The van der Waals surface area contributed by atoms with Crippen molar-refractivity contribution in [2.24, 2.45) is 37.9 Å². The highest BCUT2D eigenvalue weighted by Gasteiger charge is 2.42. The Kier molecular flexibility index (Phi) is 13.3. The molecule has 2 aliphatic rings. The van der Waals surface area contributed by atoms with Gasteiger partial charge in [0.15, 0.2) is 0 Å². The summed E-state index contributed by atoms with van der Waals surface area (Å²) >= 11 is 0. The van der Waals surface area contributed by atoms with Crippen LogP contribution in [-0.4, -0.2) is 64.0 Å². The summed E-state index contributed by atoms with van der Waals surface area (Å²) in [4.78, 5) is 11.0. The Balaban J connectivity index is 0.000000887. The van der Waals surface area contributed by atoms with Crippen LogP contribution in [0.4, 0.5) is 0 Å². The molecule has 2 rings (SSSR count). The Morgan fingerprint density at radius 2 is 0.884 bits per heavy atom. The molecular formula is C35H63O7P. The Morgan fingerprint density at radius 3 is 1.07 bits per heavy atom. The standard InChI is InChI=1S/C30H51O3P.C5H12O4/c1-25(2,3)21-19-29(13,27(7,8)9)17-15-23(21)32-34(31)33-24-16-18-30(14,28(10,11)12)20-22(24)26(4,5)6;6-1-5(2-7,3-8)4-9/h15-20,23-24,31H,1-14H3;6-9H,1-4H2. The third kappa shape index (κ3) is 10.0. The van der Waals surface area contributed by atoms with E-state index in [1.54, 1.807) is 0 Å². The second-order valence-electron chi connectivity index (χ2n) is 16.9. The van der Waals surface area contributed by atoms with Crippen LogP contribution in [-0.2, 0) is 9.05 Å². The minimum Gasteiger partial charge on any atom is -0.396 e. The van der Waals surface area contributed by atoms with E-state index in [2.05, 4.69) is 133 Å². The monoisotopic (exact) mass is 626 g/mol. The molecule has 2 aliphatic carbocycles. The highest BCUT2D eigenvalue weighted by Crippen LogP contribution is 2.52. The maximum Gasteiger partial charge on any atom is 0.331 e. The summed E-state index contributed by atoms with van der Waals surface area (Å²) in [6.07, 6.45) is 12.7. The third-order valence-electron chi connectivity index (χ3n) is 9.47. The molecule has 0 spiro atoms. The molecule has 7 nitrogen and oxygen atoms in total. The lowest BCUT2D eigenvalue weighted by atomic mass is 9.63. The number of hydrogen-bond acceptors (Lipinski definition) is 7. The maximum absolute atomic E-state index is 11.0. The lowest BCUT2D eigenvalue weighted by molar-refractivity contribution is -0.0328. The average molecular weight is 627 g/mol. The maximum atomic E-state index is 11.0. The van der Waals surface area contributed by atoms with Crippen molar-refractivity contribution >= 4 is 8.60 Å². The van der Waals surface area contributed by atoms with E-state index in [4.69, 9.17) is 29.5 Å². The molecule has 5 N–H and O–H groups in total. The van der Waals surface area contributed by atoms with Crippen LogP contribution in [0.3, 0.4) is 0 Å². The molecule has 0 heterocycles. The van der Waals surface area contributed by atoms with Crippen molar-refractivity contribution in [3.05, 3.63) is 47.6 Å². The predicted molar refractivity (Wildman–Crippen MR) is 178 cm³/mol. The minimum atomic E-state index is -2.08. The second-order valence-corrected chi connectivity index (χ2v) is 17.8. The lowest BCUT2D eigenvalue weighted by Crippen LogP contribution is -2.37. The fourth-order valence-electron chi connectivity index (χ4n) is 4.61. The number of allylic oxidation sites excluding steroid dienone is 4. The van der Waals surface area contributed by atoms with Gasteiger partial charge in [-0.3, -0.25) is 0 Å². The van der Waals surface area contributed by atoms with E-state index in [1.165, 1.54) is 11.1 Å². The molecule has 0 aliphatic heterocycles. The van der Waals surface area contributed by atoms with E-state index in [1.807, 2.05) is 0 Å². The second kappa shape index (κ2) is 14.3. The van der Waals surface area contributed by atoms with Crippen LogP contribution in [0.5, 0.6) is 0 Å². The van der Waals surface area contributed by atoms with Gasteiger partial charge >= 0.3 is 8.60 Å². The summed E-state index contributed by atoms with van der Waals surface area (Å²) in [6.45, 7) is 29.7. The van der Waals surface area contributed by atoms with Gasteiger partial charge in [0.1, 0.15) is 12.2 Å². The van der Waals surface area contributed by atoms with Crippen LogP contribution >= 0.6 is 8.60 Å². The van der Waals surface area contributed by atoms with Crippen molar-refractivity contribution in [2.45, 2.75) is 109 Å². The van der Waals surface area contributed by atoms with Crippen molar-refractivity contribution < 1.29 is 34.4 Å². The quantitative estimate of drug-likeness (QED) is 0.144. The van der Waals surface area contributed by atoms with Crippen LogP contribution in [0.2, 0.25) is 0 Å². The van der Waals surface area contributed by atoms with Gasteiger partial charge in [-0.25, -0.2) is 0 Å². The Morgan fingerprint density at radius 1 is 0.605 bits per heavy atom. The van der Waals surface area contributed by atoms with Crippen LogP contribution in [0.15, 0.2) is 47.6 Å². The van der Waals surface area contributed by atoms with Crippen molar-refractivity contribution in [3.8, 4) is 0 Å². The topological polar surface area (TPSA) is 120 Å². The normalized spacial score (nSPS) is 27.7. The van der Waals surface area contributed by atoms with Gasteiger partial charge in [-0.15, -0.1) is 0 Å². The largest absolute Gasteiger partial charge is 0.396 e. The van der Waals surface area contributed by atoms with Crippen LogP contribution in [0.25, 0.3) is 0 Å². The molecule has 250 valence electrons. The van der Waals surface area contributed by atoms with Gasteiger partial charge < -0.3 is 34.4 Å². The molecule has 0 aromatic carbocycles. The van der Waals surface area contributed by atoms with E-state index in [0.29, 0.717) is 0 Å². The fourth-order valence-corrected chi connectivity index (χ4v) is 5.42. The van der Waals surface area contributed by atoms with Gasteiger partial charge in [-0.2, -0.15) is 0 Å². The molecule has 0 fully saturated rings. The van der Waals surface area contributed by atoms with Gasteiger partial charge in [0, 0.05) is 10.8 Å². The third-order valence-corrected chi connectivity index (χ3v) is 10.3. The molecule has 8 heteroatoms. The first-order chi connectivity index (χ1) is 19.2. The highest BCUT2D eigenvalue weighted by atomic mass is 31.2. The number of aliphatic hydroxyl groups is 4. The molecule has 0 amide bonds. The first-order valence-corrected chi connectivity index (χ1v) is 16.5. The molecule has 0 radical (unpaired) electrons. The van der Waals surface area contributed by atoms with Crippen molar-refractivity contribution in [2.75, 3.05) is 26.4 Å².